The normalized spacial score (nSPS) is 19.6. The summed E-state index contributed by atoms with van der Waals surface area (Å²) in [5.41, 5.74) is -0.0328. The topological polar surface area (TPSA) is 99.2 Å². The third kappa shape index (κ3) is 3.51. The molecule has 2 aliphatic heterocycles. The molecular weight excluding hydrogens is 394 g/mol. The second-order valence-corrected chi connectivity index (χ2v) is 10.4. The van der Waals surface area contributed by atoms with E-state index in [4.69, 9.17) is 0 Å². The molecule has 2 saturated heterocycles. The molecule has 29 heavy (non-hydrogen) atoms. The maximum atomic E-state index is 13.3. The van der Waals surface area contributed by atoms with Gasteiger partial charge < -0.3 is 4.90 Å². The molecule has 0 amide bonds. The lowest BCUT2D eigenvalue weighted by molar-refractivity contribution is 0.497. The largest absolute Gasteiger partial charge is 0.342 e. The van der Waals surface area contributed by atoms with Crippen molar-refractivity contribution in [3.05, 3.63) is 20.8 Å². The van der Waals surface area contributed by atoms with Crippen molar-refractivity contribution in [1.82, 2.24) is 18.7 Å². The van der Waals surface area contributed by atoms with Gasteiger partial charge in [-0.25, -0.2) is 13.2 Å². The van der Waals surface area contributed by atoms with Crippen molar-refractivity contribution in [1.29, 1.82) is 0 Å². The summed E-state index contributed by atoms with van der Waals surface area (Å²) in [5, 5.41) is 0. The van der Waals surface area contributed by atoms with Gasteiger partial charge in [-0.2, -0.15) is 4.98 Å². The van der Waals surface area contributed by atoms with Gasteiger partial charge in [0.1, 0.15) is 0 Å². The maximum Gasteiger partial charge on any atom is 0.332 e. The predicted molar refractivity (Wildman–Crippen MR) is 113 cm³/mol. The van der Waals surface area contributed by atoms with Gasteiger partial charge in [0.15, 0.2) is 21.0 Å². The highest BCUT2D eigenvalue weighted by Crippen LogP contribution is 2.32. The number of hydrogen-bond donors (Lipinski definition) is 0. The van der Waals surface area contributed by atoms with E-state index in [0.717, 1.165) is 51.6 Å². The summed E-state index contributed by atoms with van der Waals surface area (Å²) in [5.74, 6) is 0.646. The zero-order chi connectivity index (χ0) is 20.8. The fourth-order valence-corrected chi connectivity index (χ4v) is 5.77. The molecule has 0 N–H and O–H groups in total. The number of rotatable bonds is 6. The maximum absolute atomic E-state index is 13.3. The highest BCUT2D eigenvalue weighted by atomic mass is 32.2. The van der Waals surface area contributed by atoms with Crippen molar-refractivity contribution in [2.45, 2.75) is 58.0 Å². The van der Waals surface area contributed by atoms with Gasteiger partial charge in [-0.3, -0.25) is 18.5 Å². The van der Waals surface area contributed by atoms with Crippen LogP contribution in [0.3, 0.4) is 0 Å². The van der Waals surface area contributed by atoms with Crippen molar-refractivity contribution in [2.24, 2.45) is 7.05 Å². The average Bonchev–Trinajstić information content (AvgIpc) is 3.08. The van der Waals surface area contributed by atoms with Crippen LogP contribution in [0.5, 0.6) is 0 Å². The third-order valence-corrected chi connectivity index (χ3v) is 7.82. The zero-order valence-corrected chi connectivity index (χ0v) is 17.9. The summed E-state index contributed by atoms with van der Waals surface area (Å²) in [6, 6.07) is -0.309. The monoisotopic (exact) mass is 423 g/mol. The van der Waals surface area contributed by atoms with Gasteiger partial charge in [-0.05, 0) is 25.7 Å². The van der Waals surface area contributed by atoms with E-state index in [1.165, 1.54) is 9.13 Å². The Morgan fingerprint density at radius 1 is 1.07 bits per heavy atom. The summed E-state index contributed by atoms with van der Waals surface area (Å²) < 4.78 is 28.3. The molecule has 0 unspecified atom stereocenters. The van der Waals surface area contributed by atoms with Crippen LogP contribution in [0.2, 0.25) is 0 Å². The number of aryl methyl sites for hydroxylation is 1. The summed E-state index contributed by atoms with van der Waals surface area (Å²) in [4.78, 5) is 33.0. The Hall–Kier alpha value is -2.10. The molecule has 0 atom stereocenters. The number of anilines is 1. The van der Waals surface area contributed by atoms with Crippen LogP contribution < -0.4 is 16.1 Å². The molecule has 0 radical (unpaired) electrons. The van der Waals surface area contributed by atoms with E-state index in [9.17, 15) is 18.0 Å². The molecule has 2 aromatic heterocycles. The van der Waals surface area contributed by atoms with Crippen LogP contribution in [-0.4, -0.2) is 51.7 Å². The Morgan fingerprint density at radius 3 is 2.38 bits per heavy atom. The highest BCUT2D eigenvalue weighted by molar-refractivity contribution is 7.92. The summed E-state index contributed by atoms with van der Waals surface area (Å²) in [6.07, 6.45) is 5.90. The molecule has 0 spiro atoms. The fraction of sp³-hybridized carbons (Fsp3) is 0.737. The van der Waals surface area contributed by atoms with Crippen molar-refractivity contribution < 1.29 is 8.42 Å². The summed E-state index contributed by atoms with van der Waals surface area (Å²) >= 11 is 0. The van der Waals surface area contributed by atoms with Crippen LogP contribution in [0.1, 0.15) is 51.5 Å². The van der Waals surface area contributed by atoms with E-state index < -0.39 is 9.84 Å². The van der Waals surface area contributed by atoms with Crippen LogP contribution >= 0.6 is 0 Å². The van der Waals surface area contributed by atoms with Crippen molar-refractivity contribution >= 4 is 26.9 Å². The summed E-state index contributed by atoms with van der Waals surface area (Å²) in [7, 11) is -1.44. The van der Waals surface area contributed by atoms with Crippen LogP contribution in [-0.2, 0) is 23.4 Å². The van der Waals surface area contributed by atoms with E-state index in [1.807, 2.05) is 0 Å². The minimum atomic E-state index is -3.08. The Kier molecular flexibility index (Phi) is 5.30. The van der Waals surface area contributed by atoms with Crippen molar-refractivity contribution in [3.8, 4) is 0 Å². The smallest absolute Gasteiger partial charge is 0.332 e. The molecule has 2 aliphatic rings. The molecule has 0 aromatic carbocycles. The first-order chi connectivity index (χ1) is 13.8. The number of imidazole rings is 1. The molecular formula is C19H29N5O4S. The quantitative estimate of drug-likeness (QED) is 0.644. The predicted octanol–water partition coefficient (Wildman–Crippen LogP) is 1.05. The lowest BCUT2D eigenvalue weighted by Crippen LogP contribution is -2.43. The van der Waals surface area contributed by atoms with Crippen molar-refractivity contribution in [2.75, 3.05) is 29.5 Å². The third-order valence-electron chi connectivity index (χ3n) is 6.04. The van der Waals surface area contributed by atoms with E-state index in [2.05, 4.69) is 16.8 Å². The molecule has 160 valence electrons. The number of aromatic nitrogens is 4. The number of sulfone groups is 1. The average molecular weight is 424 g/mol. The van der Waals surface area contributed by atoms with Crippen LogP contribution in [0, 0.1) is 0 Å². The number of fused-ring (bicyclic) bond motifs is 1. The first-order valence-electron chi connectivity index (χ1n) is 10.5. The van der Waals surface area contributed by atoms with Gasteiger partial charge in [0.05, 0.1) is 17.5 Å². The van der Waals surface area contributed by atoms with Gasteiger partial charge in [0.25, 0.3) is 5.56 Å². The van der Waals surface area contributed by atoms with E-state index in [0.29, 0.717) is 23.7 Å². The highest BCUT2D eigenvalue weighted by Gasteiger charge is 2.39. The molecule has 10 heteroatoms. The van der Waals surface area contributed by atoms with Gasteiger partial charge in [-0.1, -0.05) is 19.8 Å². The van der Waals surface area contributed by atoms with Crippen LogP contribution in [0.15, 0.2) is 9.59 Å². The Labute approximate surface area is 169 Å². The summed E-state index contributed by atoms with van der Waals surface area (Å²) in [6.45, 7) is 4.08. The molecule has 0 bridgehead atoms. The minimum absolute atomic E-state index is 0.0113. The van der Waals surface area contributed by atoms with Crippen LogP contribution in [0.4, 0.5) is 5.95 Å². The second-order valence-electron chi connectivity index (χ2n) is 8.24. The molecule has 4 rings (SSSR count). The van der Waals surface area contributed by atoms with Gasteiger partial charge in [0.2, 0.25) is 5.95 Å². The van der Waals surface area contributed by atoms with Crippen LogP contribution in [0.25, 0.3) is 11.2 Å². The van der Waals surface area contributed by atoms with E-state index in [1.54, 1.807) is 11.6 Å². The second kappa shape index (κ2) is 7.62. The zero-order valence-electron chi connectivity index (χ0n) is 17.1. The number of piperidine rings is 1. The number of nitrogens with zero attached hydrogens (tertiary/aromatic N) is 5. The van der Waals surface area contributed by atoms with Gasteiger partial charge in [-0.15, -0.1) is 0 Å². The lowest BCUT2D eigenvalue weighted by atomic mass is 10.1. The molecule has 9 nitrogen and oxygen atoms in total. The standard InChI is InChI=1S/C19H29N5O4S/c1-3-4-6-11-23-17(25)15-16(21(2)19(23)26)20-18(22-9-7-5-8-10-22)24(15)14-12-29(27,28)13-14/h14H,3-13H2,1-2H3. The van der Waals surface area contributed by atoms with E-state index >= 15 is 0 Å². The first-order valence-corrected chi connectivity index (χ1v) is 12.3. The molecule has 0 aliphatic carbocycles. The van der Waals surface area contributed by atoms with Crippen molar-refractivity contribution in [3.63, 3.8) is 0 Å². The van der Waals surface area contributed by atoms with Gasteiger partial charge >= 0.3 is 5.69 Å². The van der Waals surface area contributed by atoms with Gasteiger partial charge in [0, 0.05) is 26.7 Å². The molecule has 0 saturated carbocycles. The Balaban J connectivity index is 1.91. The molecule has 2 aromatic rings. The SMILES string of the molecule is CCCCCn1c(=O)c2c(nc(N3CCCCC3)n2C2CS(=O)(=O)C2)n(C)c1=O. The Bertz CT molecular complexity index is 1130. The minimum Gasteiger partial charge on any atom is -0.342 e. The fourth-order valence-electron chi connectivity index (χ4n) is 4.39. The molecule has 4 heterocycles. The van der Waals surface area contributed by atoms with E-state index in [-0.39, 0.29) is 28.8 Å². The number of hydrogen-bond acceptors (Lipinski definition) is 6. The Morgan fingerprint density at radius 2 is 1.76 bits per heavy atom. The number of unbranched alkanes of at least 4 members (excludes halogenated alkanes) is 2. The first kappa shape index (κ1) is 20.2. The lowest BCUT2D eigenvalue weighted by Gasteiger charge is -2.33. The molecule has 2 fully saturated rings.